The highest BCUT2D eigenvalue weighted by Crippen LogP contribution is 2.17. The molecule has 1 rings (SSSR count). The first kappa shape index (κ1) is 12.8. The van der Waals surface area contributed by atoms with Crippen molar-refractivity contribution in [2.24, 2.45) is 0 Å². The lowest BCUT2D eigenvalue weighted by Crippen LogP contribution is -2.55. The molecule has 0 atom stereocenters. The second-order valence-electron chi connectivity index (χ2n) is 4.79. The van der Waals surface area contributed by atoms with Gasteiger partial charge in [-0.15, -0.1) is 0 Å². The number of amides is 1. The van der Waals surface area contributed by atoms with Crippen molar-refractivity contribution >= 4 is 6.09 Å². The number of nitriles is 1. The quantitative estimate of drug-likeness (QED) is 0.685. The van der Waals surface area contributed by atoms with E-state index in [-0.39, 0.29) is 12.2 Å². The van der Waals surface area contributed by atoms with Crippen molar-refractivity contribution in [1.29, 1.82) is 5.26 Å². The highest BCUT2D eigenvalue weighted by atomic mass is 16.6. The van der Waals surface area contributed by atoms with Crippen LogP contribution < -0.4 is 0 Å². The summed E-state index contributed by atoms with van der Waals surface area (Å²) in [5, 5.41) is 8.32. The molecule has 0 aromatic carbocycles. The topological polar surface area (TPSA) is 62.6 Å². The summed E-state index contributed by atoms with van der Waals surface area (Å²) in [7, 11) is 0. The van der Waals surface area contributed by atoms with Gasteiger partial charge in [0.2, 0.25) is 0 Å². The van der Waals surface area contributed by atoms with E-state index >= 15 is 0 Å². The van der Waals surface area contributed by atoms with Gasteiger partial charge in [0.25, 0.3) is 0 Å². The molecule has 90 valence electrons. The van der Waals surface area contributed by atoms with Gasteiger partial charge in [-0.25, -0.2) is 4.79 Å². The van der Waals surface area contributed by atoms with Gasteiger partial charge in [0.05, 0.1) is 38.3 Å². The Kier molecular flexibility index (Phi) is 4.13. The normalized spacial score (nSPS) is 16.5. The van der Waals surface area contributed by atoms with Crippen molar-refractivity contribution in [2.75, 3.05) is 19.7 Å². The van der Waals surface area contributed by atoms with Crippen molar-refractivity contribution < 1.29 is 14.3 Å². The third-order valence-corrected chi connectivity index (χ3v) is 2.07. The molecule has 1 saturated heterocycles. The molecule has 1 fully saturated rings. The fraction of sp³-hybridized carbons (Fsp3) is 0.818. The van der Waals surface area contributed by atoms with Crippen LogP contribution in [0.2, 0.25) is 0 Å². The van der Waals surface area contributed by atoms with Crippen LogP contribution in [-0.2, 0) is 9.47 Å². The van der Waals surface area contributed by atoms with Crippen LogP contribution >= 0.6 is 0 Å². The van der Waals surface area contributed by atoms with E-state index in [9.17, 15) is 4.79 Å². The molecule has 1 amide bonds. The number of carbonyl (C=O) groups is 1. The molecule has 1 aliphatic rings. The Balaban J connectivity index is 2.16. The SMILES string of the molecule is CC(C)(C)OC(=O)N1CC(OCCC#N)C1. The number of rotatable bonds is 3. The van der Waals surface area contributed by atoms with Crippen molar-refractivity contribution in [2.45, 2.75) is 38.9 Å². The van der Waals surface area contributed by atoms with Crippen LogP contribution in [0.4, 0.5) is 4.79 Å². The number of hydrogen-bond acceptors (Lipinski definition) is 4. The van der Waals surface area contributed by atoms with Crippen LogP contribution in [0.3, 0.4) is 0 Å². The molecule has 1 aliphatic heterocycles. The third-order valence-electron chi connectivity index (χ3n) is 2.07. The predicted molar refractivity (Wildman–Crippen MR) is 57.8 cm³/mol. The smallest absolute Gasteiger partial charge is 0.410 e. The van der Waals surface area contributed by atoms with Crippen LogP contribution in [-0.4, -0.2) is 42.4 Å². The largest absolute Gasteiger partial charge is 0.444 e. The molecule has 5 nitrogen and oxygen atoms in total. The molecular weight excluding hydrogens is 208 g/mol. The Labute approximate surface area is 95.9 Å². The fourth-order valence-electron chi connectivity index (χ4n) is 1.29. The van der Waals surface area contributed by atoms with Crippen molar-refractivity contribution in [3.63, 3.8) is 0 Å². The monoisotopic (exact) mass is 226 g/mol. The van der Waals surface area contributed by atoms with E-state index in [1.807, 2.05) is 26.8 Å². The molecule has 0 bridgehead atoms. The molecule has 0 aromatic heterocycles. The molecule has 0 saturated carbocycles. The summed E-state index contributed by atoms with van der Waals surface area (Å²) in [4.78, 5) is 13.1. The van der Waals surface area contributed by atoms with Crippen molar-refractivity contribution in [3.8, 4) is 6.07 Å². The minimum absolute atomic E-state index is 0.0564. The number of hydrogen-bond donors (Lipinski definition) is 0. The van der Waals surface area contributed by atoms with Gasteiger partial charge >= 0.3 is 6.09 Å². The van der Waals surface area contributed by atoms with Crippen LogP contribution in [0.1, 0.15) is 27.2 Å². The van der Waals surface area contributed by atoms with E-state index in [2.05, 4.69) is 0 Å². The predicted octanol–water partition coefficient (Wildman–Crippen LogP) is 1.54. The maximum absolute atomic E-state index is 11.5. The van der Waals surface area contributed by atoms with Crippen LogP contribution in [0.15, 0.2) is 0 Å². The summed E-state index contributed by atoms with van der Waals surface area (Å²) in [5.74, 6) is 0. The average molecular weight is 226 g/mol. The number of nitrogens with zero attached hydrogens (tertiary/aromatic N) is 2. The zero-order valence-electron chi connectivity index (χ0n) is 10.0. The van der Waals surface area contributed by atoms with Crippen LogP contribution in [0, 0.1) is 11.3 Å². The summed E-state index contributed by atoms with van der Waals surface area (Å²) >= 11 is 0. The molecule has 0 aliphatic carbocycles. The van der Waals surface area contributed by atoms with E-state index in [0.29, 0.717) is 26.1 Å². The molecule has 0 N–H and O–H groups in total. The molecule has 0 spiro atoms. The maximum atomic E-state index is 11.5. The molecule has 0 unspecified atom stereocenters. The second kappa shape index (κ2) is 5.17. The Morgan fingerprint density at radius 2 is 2.12 bits per heavy atom. The molecule has 0 aromatic rings. The van der Waals surface area contributed by atoms with E-state index in [1.165, 1.54) is 0 Å². The van der Waals surface area contributed by atoms with Gasteiger partial charge in [0, 0.05) is 0 Å². The van der Waals surface area contributed by atoms with E-state index < -0.39 is 5.60 Å². The molecule has 5 heteroatoms. The van der Waals surface area contributed by atoms with Gasteiger partial charge < -0.3 is 14.4 Å². The summed E-state index contributed by atoms with van der Waals surface area (Å²) in [6, 6.07) is 2.01. The minimum Gasteiger partial charge on any atom is -0.444 e. The average Bonchev–Trinajstić information content (AvgIpc) is 2.05. The van der Waals surface area contributed by atoms with Gasteiger partial charge in [-0.2, -0.15) is 5.26 Å². The van der Waals surface area contributed by atoms with Crippen molar-refractivity contribution in [1.82, 2.24) is 4.90 Å². The fourth-order valence-corrected chi connectivity index (χ4v) is 1.29. The standard InChI is InChI=1S/C11H18N2O3/c1-11(2,3)16-10(14)13-7-9(8-13)15-6-4-5-12/h9H,4,6-8H2,1-3H3. The van der Waals surface area contributed by atoms with Crippen LogP contribution in [0.5, 0.6) is 0 Å². The minimum atomic E-state index is -0.455. The Morgan fingerprint density at radius 1 is 1.50 bits per heavy atom. The number of carbonyl (C=O) groups excluding carboxylic acids is 1. The Hall–Kier alpha value is -1.28. The first-order chi connectivity index (χ1) is 7.42. The lowest BCUT2D eigenvalue weighted by atomic mass is 10.2. The van der Waals surface area contributed by atoms with Gasteiger partial charge in [0.15, 0.2) is 0 Å². The zero-order valence-corrected chi connectivity index (χ0v) is 10.0. The third kappa shape index (κ3) is 4.07. The van der Waals surface area contributed by atoms with Gasteiger partial charge in [-0.3, -0.25) is 0 Å². The first-order valence-electron chi connectivity index (χ1n) is 5.39. The van der Waals surface area contributed by atoms with Gasteiger partial charge in [0.1, 0.15) is 5.60 Å². The molecule has 1 heterocycles. The summed E-state index contributed by atoms with van der Waals surface area (Å²) in [6.07, 6.45) is 0.150. The number of likely N-dealkylation sites (tertiary alicyclic amines) is 1. The summed E-state index contributed by atoms with van der Waals surface area (Å²) in [5.41, 5.74) is -0.455. The van der Waals surface area contributed by atoms with Gasteiger partial charge in [-0.05, 0) is 20.8 Å². The maximum Gasteiger partial charge on any atom is 0.410 e. The molecule has 0 radical (unpaired) electrons. The first-order valence-corrected chi connectivity index (χ1v) is 5.39. The van der Waals surface area contributed by atoms with E-state index in [1.54, 1.807) is 4.90 Å². The summed E-state index contributed by atoms with van der Waals surface area (Å²) < 4.78 is 10.6. The molecular formula is C11H18N2O3. The highest BCUT2D eigenvalue weighted by Gasteiger charge is 2.34. The lowest BCUT2D eigenvalue weighted by Gasteiger charge is -2.39. The molecule has 16 heavy (non-hydrogen) atoms. The zero-order chi connectivity index (χ0) is 12.2. The lowest BCUT2D eigenvalue weighted by molar-refractivity contribution is -0.0616. The summed E-state index contributed by atoms with van der Waals surface area (Å²) in [6.45, 7) is 7.06. The van der Waals surface area contributed by atoms with Crippen LogP contribution in [0.25, 0.3) is 0 Å². The Bertz CT molecular complexity index is 285. The number of ether oxygens (including phenoxy) is 2. The van der Waals surface area contributed by atoms with E-state index in [4.69, 9.17) is 14.7 Å². The second-order valence-corrected chi connectivity index (χ2v) is 4.79. The van der Waals surface area contributed by atoms with Gasteiger partial charge in [-0.1, -0.05) is 0 Å². The van der Waals surface area contributed by atoms with E-state index in [0.717, 1.165) is 0 Å². The highest BCUT2D eigenvalue weighted by molar-refractivity contribution is 5.69. The van der Waals surface area contributed by atoms with Crippen molar-refractivity contribution in [3.05, 3.63) is 0 Å². The Morgan fingerprint density at radius 3 is 2.62 bits per heavy atom.